The largest absolute Gasteiger partial charge is 0.465 e. The predicted molar refractivity (Wildman–Crippen MR) is 99.1 cm³/mol. The van der Waals surface area contributed by atoms with Crippen molar-refractivity contribution >= 4 is 21.9 Å². The van der Waals surface area contributed by atoms with Crippen molar-refractivity contribution in [3.63, 3.8) is 0 Å². The molecule has 0 saturated carbocycles. The van der Waals surface area contributed by atoms with E-state index in [1.54, 1.807) is 0 Å². The van der Waals surface area contributed by atoms with Gasteiger partial charge in [-0.2, -0.15) is 0 Å². The summed E-state index contributed by atoms with van der Waals surface area (Å²) < 4.78 is 12.1. The van der Waals surface area contributed by atoms with Gasteiger partial charge in [0, 0.05) is 11.1 Å². The Kier molecular flexibility index (Phi) is 8.40. The molecule has 0 spiro atoms. The SMILES string of the molecule is CCCCOC(=O)C(C)(CCOC(C)(C)CO)c1cccc(Br)c1. The van der Waals surface area contributed by atoms with Crippen LogP contribution >= 0.6 is 15.9 Å². The molecule has 0 aliphatic heterocycles. The minimum absolute atomic E-state index is 0.0679. The van der Waals surface area contributed by atoms with Crippen LogP contribution in [-0.4, -0.2) is 36.5 Å². The van der Waals surface area contributed by atoms with E-state index in [1.807, 2.05) is 45.0 Å². The Morgan fingerprint density at radius 1 is 1.25 bits per heavy atom. The van der Waals surface area contributed by atoms with E-state index >= 15 is 0 Å². The average Bonchev–Trinajstić information content (AvgIpc) is 2.54. The topological polar surface area (TPSA) is 55.8 Å². The van der Waals surface area contributed by atoms with Crippen LogP contribution in [0.3, 0.4) is 0 Å². The first kappa shape index (κ1) is 21.1. The zero-order valence-corrected chi connectivity index (χ0v) is 16.7. The number of carbonyl (C=O) groups is 1. The van der Waals surface area contributed by atoms with Crippen LogP contribution in [0.25, 0.3) is 0 Å². The first-order valence-corrected chi connectivity index (χ1v) is 9.22. The summed E-state index contributed by atoms with van der Waals surface area (Å²) >= 11 is 3.46. The second-order valence-corrected chi connectivity index (χ2v) is 7.76. The van der Waals surface area contributed by atoms with E-state index in [-0.39, 0.29) is 12.6 Å². The van der Waals surface area contributed by atoms with Crippen molar-refractivity contribution in [2.75, 3.05) is 19.8 Å². The van der Waals surface area contributed by atoms with Crippen LogP contribution in [0.4, 0.5) is 0 Å². The molecule has 1 N–H and O–H groups in total. The summed E-state index contributed by atoms with van der Waals surface area (Å²) in [6, 6.07) is 7.72. The number of esters is 1. The van der Waals surface area contributed by atoms with E-state index in [2.05, 4.69) is 22.9 Å². The Morgan fingerprint density at radius 3 is 2.54 bits per heavy atom. The van der Waals surface area contributed by atoms with Crippen LogP contribution in [0, 0.1) is 0 Å². The molecule has 1 atom stereocenters. The van der Waals surface area contributed by atoms with Crippen LogP contribution in [0.15, 0.2) is 28.7 Å². The second kappa shape index (κ2) is 9.54. The minimum atomic E-state index is -0.789. The van der Waals surface area contributed by atoms with Gasteiger partial charge >= 0.3 is 5.97 Å². The van der Waals surface area contributed by atoms with E-state index in [1.165, 1.54) is 0 Å². The van der Waals surface area contributed by atoms with Gasteiger partial charge < -0.3 is 14.6 Å². The highest BCUT2D eigenvalue weighted by Gasteiger charge is 2.37. The summed E-state index contributed by atoms with van der Waals surface area (Å²) in [5.74, 6) is -0.237. The number of halogens is 1. The fourth-order valence-corrected chi connectivity index (χ4v) is 2.64. The lowest BCUT2D eigenvalue weighted by molar-refractivity contribution is -0.152. The molecule has 0 bridgehead atoms. The summed E-state index contributed by atoms with van der Waals surface area (Å²) in [4.78, 5) is 12.7. The van der Waals surface area contributed by atoms with Gasteiger partial charge in [0.25, 0.3) is 0 Å². The number of aliphatic hydroxyl groups excluding tert-OH is 1. The second-order valence-electron chi connectivity index (χ2n) is 6.85. The van der Waals surface area contributed by atoms with E-state index in [0.29, 0.717) is 19.6 Å². The summed E-state index contributed by atoms with van der Waals surface area (Å²) in [6.45, 7) is 8.32. The maximum atomic E-state index is 12.7. The number of aliphatic hydroxyl groups is 1. The lowest BCUT2D eigenvalue weighted by Gasteiger charge is -2.30. The van der Waals surface area contributed by atoms with Crippen molar-refractivity contribution < 1.29 is 19.4 Å². The van der Waals surface area contributed by atoms with Gasteiger partial charge in [0.2, 0.25) is 0 Å². The molecule has 136 valence electrons. The molecule has 1 aromatic carbocycles. The number of hydrogen-bond donors (Lipinski definition) is 1. The third kappa shape index (κ3) is 6.19. The maximum Gasteiger partial charge on any atom is 0.316 e. The van der Waals surface area contributed by atoms with E-state index in [0.717, 1.165) is 22.9 Å². The molecule has 4 nitrogen and oxygen atoms in total. The van der Waals surface area contributed by atoms with Crippen molar-refractivity contribution in [2.45, 2.75) is 58.0 Å². The van der Waals surface area contributed by atoms with Gasteiger partial charge in [0.15, 0.2) is 0 Å². The highest BCUT2D eigenvalue weighted by atomic mass is 79.9. The number of benzene rings is 1. The third-order valence-electron chi connectivity index (χ3n) is 4.12. The number of unbranched alkanes of at least 4 members (excludes halogenated alkanes) is 1. The molecule has 5 heteroatoms. The van der Waals surface area contributed by atoms with Gasteiger partial charge in [-0.05, 0) is 51.3 Å². The fourth-order valence-electron chi connectivity index (χ4n) is 2.24. The minimum Gasteiger partial charge on any atom is -0.465 e. The quantitative estimate of drug-likeness (QED) is 0.471. The normalized spacial score (nSPS) is 14.2. The highest BCUT2D eigenvalue weighted by Crippen LogP contribution is 2.32. The molecule has 0 aliphatic carbocycles. The molecule has 0 aliphatic rings. The fraction of sp³-hybridized carbons (Fsp3) is 0.632. The van der Waals surface area contributed by atoms with E-state index < -0.39 is 11.0 Å². The number of carbonyl (C=O) groups excluding carboxylic acids is 1. The van der Waals surface area contributed by atoms with Crippen LogP contribution < -0.4 is 0 Å². The van der Waals surface area contributed by atoms with E-state index in [4.69, 9.17) is 9.47 Å². The Bertz CT molecular complexity index is 530. The number of hydrogen-bond acceptors (Lipinski definition) is 4. The molecule has 0 saturated heterocycles. The third-order valence-corrected chi connectivity index (χ3v) is 4.61. The smallest absolute Gasteiger partial charge is 0.316 e. The Labute approximate surface area is 153 Å². The summed E-state index contributed by atoms with van der Waals surface area (Å²) in [6.07, 6.45) is 2.32. The Balaban J connectivity index is 2.92. The first-order chi connectivity index (χ1) is 11.2. The molecule has 0 amide bonds. The monoisotopic (exact) mass is 400 g/mol. The van der Waals surface area contributed by atoms with Gasteiger partial charge in [0.1, 0.15) is 0 Å². The average molecular weight is 401 g/mol. The van der Waals surface area contributed by atoms with Crippen LogP contribution in [0.1, 0.15) is 52.5 Å². The predicted octanol–water partition coefficient (Wildman–Crippen LogP) is 4.23. The zero-order chi connectivity index (χ0) is 18.2. The number of rotatable bonds is 10. The van der Waals surface area contributed by atoms with Crippen molar-refractivity contribution in [3.8, 4) is 0 Å². The molecule has 1 unspecified atom stereocenters. The molecule has 24 heavy (non-hydrogen) atoms. The van der Waals surface area contributed by atoms with Gasteiger partial charge in [-0.3, -0.25) is 4.79 Å². The summed E-state index contributed by atoms with van der Waals surface area (Å²) in [5, 5.41) is 9.31. The van der Waals surface area contributed by atoms with Gasteiger partial charge in [-0.25, -0.2) is 0 Å². The van der Waals surface area contributed by atoms with Crippen LogP contribution in [0.5, 0.6) is 0 Å². The zero-order valence-electron chi connectivity index (χ0n) is 15.1. The van der Waals surface area contributed by atoms with Crippen molar-refractivity contribution in [2.24, 2.45) is 0 Å². The summed E-state index contributed by atoms with van der Waals surface area (Å²) in [7, 11) is 0. The van der Waals surface area contributed by atoms with Gasteiger partial charge in [-0.15, -0.1) is 0 Å². The molecular formula is C19H29BrO4. The summed E-state index contributed by atoms with van der Waals surface area (Å²) in [5.41, 5.74) is -0.517. The standard InChI is InChI=1S/C19H29BrO4/c1-5-6-11-23-17(22)19(4,10-12-24-18(2,3)14-21)15-8-7-9-16(20)13-15/h7-9,13,21H,5-6,10-12,14H2,1-4H3. The molecule has 0 radical (unpaired) electrons. The van der Waals surface area contributed by atoms with Crippen LogP contribution in [0.2, 0.25) is 0 Å². The molecular weight excluding hydrogens is 372 g/mol. The number of ether oxygens (including phenoxy) is 2. The molecule has 1 aromatic rings. The van der Waals surface area contributed by atoms with Gasteiger partial charge in [0.05, 0.1) is 24.2 Å². The van der Waals surface area contributed by atoms with Gasteiger partial charge in [-0.1, -0.05) is 41.4 Å². The molecule has 0 fully saturated rings. The highest BCUT2D eigenvalue weighted by molar-refractivity contribution is 9.10. The molecule has 1 rings (SSSR count). The van der Waals surface area contributed by atoms with E-state index in [9.17, 15) is 9.90 Å². The lowest BCUT2D eigenvalue weighted by atomic mass is 9.79. The molecule has 0 aromatic heterocycles. The Morgan fingerprint density at radius 2 is 1.96 bits per heavy atom. The maximum absolute atomic E-state index is 12.7. The first-order valence-electron chi connectivity index (χ1n) is 8.43. The molecule has 0 heterocycles. The van der Waals surface area contributed by atoms with Crippen LogP contribution in [-0.2, 0) is 19.7 Å². The lowest BCUT2D eigenvalue weighted by Crippen LogP contribution is -2.38. The Hall–Kier alpha value is -0.910. The van der Waals surface area contributed by atoms with Crippen molar-refractivity contribution in [1.29, 1.82) is 0 Å². The van der Waals surface area contributed by atoms with Crippen molar-refractivity contribution in [1.82, 2.24) is 0 Å². The van der Waals surface area contributed by atoms with Crippen molar-refractivity contribution in [3.05, 3.63) is 34.3 Å².